The topological polar surface area (TPSA) is 50.7 Å². The number of nitrogens with one attached hydrogen (secondary N) is 1. The molecule has 0 aliphatic heterocycles. The van der Waals surface area contributed by atoms with Crippen LogP contribution < -0.4 is 5.32 Å². The number of thioether (sulfide) groups is 1. The molecular weight excluding hydrogens is 300 g/mol. The highest BCUT2D eigenvalue weighted by molar-refractivity contribution is 7.98. The summed E-state index contributed by atoms with van der Waals surface area (Å²) in [6, 6.07) is 10.1. The van der Waals surface area contributed by atoms with Gasteiger partial charge >= 0.3 is 0 Å². The summed E-state index contributed by atoms with van der Waals surface area (Å²) in [7, 11) is 0. The molecule has 3 aromatic rings. The second-order valence-corrected chi connectivity index (χ2v) is 6.26. The van der Waals surface area contributed by atoms with Crippen LogP contribution in [-0.4, -0.2) is 15.0 Å². The number of aromatic nitrogens is 3. The van der Waals surface area contributed by atoms with Gasteiger partial charge in [0.1, 0.15) is 0 Å². The fourth-order valence-corrected chi connectivity index (χ4v) is 3.22. The van der Waals surface area contributed by atoms with Gasteiger partial charge in [0.2, 0.25) is 0 Å². The maximum Gasteiger partial charge on any atom is 0.187 e. The quantitative estimate of drug-likeness (QED) is 0.563. The molecule has 2 heterocycles. The Morgan fingerprint density at radius 2 is 1.90 bits per heavy atom. The number of benzene rings is 1. The van der Waals surface area contributed by atoms with Crippen LogP contribution in [0.1, 0.15) is 11.3 Å². The standard InChI is InChI=1S/C15H14N4S2/c1-11-3-5-12(6-4-11)18-15-19-13(10-21-15)9-20-14-16-7-2-8-17-14/h2-8,10H,9H2,1H3,(H,18,19). The highest BCUT2D eigenvalue weighted by Crippen LogP contribution is 2.25. The molecule has 2 aromatic heterocycles. The van der Waals surface area contributed by atoms with Gasteiger partial charge in [-0.05, 0) is 25.1 Å². The van der Waals surface area contributed by atoms with E-state index in [0.717, 1.165) is 27.4 Å². The predicted molar refractivity (Wildman–Crippen MR) is 88.2 cm³/mol. The molecule has 0 unspecified atom stereocenters. The van der Waals surface area contributed by atoms with Gasteiger partial charge in [0.05, 0.1) is 5.69 Å². The Hall–Kier alpha value is -1.92. The zero-order valence-corrected chi connectivity index (χ0v) is 13.1. The number of thiazole rings is 1. The summed E-state index contributed by atoms with van der Waals surface area (Å²) >= 11 is 3.20. The third-order valence-electron chi connectivity index (χ3n) is 2.75. The van der Waals surface area contributed by atoms with E-state index in [2.05, 4.69) is 56.8 Å². The van der Waals surface area contributed by atoms with Crippen LogP contribution in [0, 0.1) is 6.92 Å². The highest BCUT2D eigenvalue weighted by Gasteiger charge is 2.04. The number of aryl methyl sites for hydroxylation is 1. The molecule has 6 heteroatoms. The summed E-state index contributed by atoms with van der Waals surface area (Å²) in [5.74, 6) is 0.774. The minimum atomic E-state index is 0.774. The normalized spacial score (nSPS) is 10.5. The number of anilines is 2. The van der Waals surface area contributed by atoms with Crippen LogP contribution in [0.4, 0.5) is 10.8 Å². The molecule has 1 N–H and O–H groups in total. The van der Waals surface area contributed by atoms with Gasteiger partial charge in [-0.15, -0.1) is 11.3 Å². The molecule has 0 spiro atoms. The predicted octanol–water partition coefficient (Wildman–Crippen LogP) is 4.28. The van der Waals surface area contributed by atoms with Gasteiger partial charge in [-0.1, -0.05) is 29.5 Å². The second kappa shape index (κ2) is 6.69. The van der Waals surface area contributed by atoms with Crippen molar-refractivity contribution in [2.45, 2.75) is 17.8 Å². The van der Waals surface area contributed by atoms with E-state index in [1.54, 1.807) is 35.5 Å². The van der Waals surface area contributed by atoms with E-state index in [0.29, 0.717) is 0 Å². The van der Waals surface area contributed by atoms with Gasteiger partial charge in [-0.2, -0.15) is 0 Å². The lowest BCUT2D eigenvalue weighted by Crippen LogP contribution is -1.90. The molecule has 4 nitrogen and oxygen atoms in total. The Bertz CT molecular complexity index is 695. The molecule has 0 amide bonds. The fourth-order valence-electron chi connectivity index (χ4n) is 1.69. The number of rotatable bonds is 5. The van der Waals surface area contributed by atoms with E-state index in [1.807, 2.05) is 6.07 Å². The van der Waals surface area contributed by atoms with Gasteiger partial charge in [0.25, 0.3) is 0 Å². The van der Waals surface area contributed by atoms with Crippen molar-refractivity contribution in [2.75, 3.05) is 5.32 Å². The van der Waals surface area contributed by atoms with Crippen molar-refractivity contribution in [1.82, 2.24) is 15.0 Å². The molecule has 0 bridgehead atoms. The van der Waals surface area contributed by atoms with E-state index in [1.165, 1.54) is 5.56 Å². The van der Waals surface area contributed by atoms with Crippen LogP contribution in [0.3, 0.4) is 0 Å². The Morgan fingerprint density at radius 3 is 2.67 bits per heavy atom. The van der Waals surface area contributed by atoms with Gasteiger partial charge < -0.3 is 5.32 Å². The summed E-state index contributed by atoms with van der Waals surface area (Å²) < 4.78 is 0. The van der Waals surface area contributed by atoms with Gasteiger partial charge in [0.15, 0.2) is 10.3 Å². The summed E-state index contributed by atoms with van der Waals surface area (Å²) in [6.07, 6.45) is 3.50. The molecule has 0 aliphatic carbocycles. The first-order valence-electron chi connectivity index (χ1n) is 6.47. The summed E-state index contributed by atoms with van der Waals surface area (Å²) in [4.78, 5) is 13.0. The monoisotopic (exact) mass is 314 g/mol. The summed E-state index contributed by atoms with van der Waals surface area (Å²) in [6.45, 7) is 2.08. The van der Waals surface area contributed by atoms with Crippen LogP contribution in [0.15, 0.2) is 53.3 Å². The minimum Gasteiger partial charge on any atom is -0.332 e. The van der Waals surface area contributed by atoms with Crippen molar-refractivity contribution < 1.29 is 0 Å². The Morgan fingerprint density at radius 1 is 1.14 bits per heavy atom. The fraction of sp³-hybridized carbons (Fsp3) is 0.133. The van der Waals surface area contributed by atoms with Crippen molar-refractivity contribution in [3.8, 4) is 0 Å². The maximum absolute atomic E-state index is 4.57. The molecular formula is C15H14N4S2. The van der Waals surface area contributed by atoms with Crippen molar-refractivity contribution in [3.63, 3.8) is 0 Å². The number of nitrogens with zero attached hydrogens (tertiary/aromatic N) is 3. The third-order valence-corrected chi connectivity index (χ3v) is 4.46. The Labute approximate surface area is 131 Å². The van der Waals surface area contributed by atoms with Crippen molar-refractivity contribution >= 4 is 33.9 Å². The zero-order valence-electron chi connectivity index (χ0n) is 11.5. The van der Waals surface area contributed by atoms with E-state index in [4.69, 9.17) is 0 Å². The number of hydrogen-bond acceptors (Lipinski definition) is 6. The Balaban J connectivity index is 1.59. The molecule has 1 aromatic carbocycles. The molecule has 0 atom stereocenters. The van der Waals surface area contributed by atoms with Crippen LogP contribution >= 0.6 is 23.1 Å². The summed E-state index contributed by atoms with van der Waals surface area (Å²) in [5, 5.41) is 7.06. The molecule has 0 aliphatic rings. The molecule has 0 fully saturated rings. The minimum absolute atomic E-state index is 0.774. The van der Waals surface area contributed by atoms with Crippen molar-refractivity contribution in [1.29, 1.82) is 0 Å². The molecule has 0 saturated carbocycles. The largest absolute Gasteiger partial charge is 0.332 e. The van der Waals surface area contributed by atoms with E-state index >= 15 is 0 Å². The first-order chi connectivity index (χ1) is 10.3. The van der Waals surface area contributed by atoms with E-state index in [9.17, 15) is 0 Å². The SMILES string of the molecule is Cc1ccc(Nc2nc(CSc3ncccn3)cs2)cc1. The first kappa shape index (κ1) is 14.0. The van der Waals surface area contributed by atoms with Crippen molar-refractivity contribution in [2.24, 2.45) is 0 Å². The lowest BCUT2D eigenvalue weighted by molar-refractivity contribution is 0.965. The molecule has 0 saturated heterocycles. The number of hydrogen-bond donors (Lipinski definition) is 1. The lowest BCUT2D eigenvalue weighted by Gasteiger charge is -2.02. The lowest BCUT2D eigenvalue weighted by atomic mass is 10.2. The van der Waals surface area contributed by atoms with Crippen LogP contribution in [0.2, 0.25) is 0 Å². The van der Waals surface area contributed by atoms with Crippen LogP contribution in [0.5, 0.6) is 0 Å². The highest BCUT2D eigenvalue weighted by atomic mass is 32.2. The van der Waals surface area contributed by atoms with E-state index in [-0.39, 0.29) is 0 Å². The van der Waals surface area contributed by atoms with Crippen molar-refractivity contribution in [3.05, 3.63) is 59.4 Å². The average Bonchev–Trinajstić information content (AvgIpc) is 2.96. The second-order valence-electron chi connectivity index (χ2n) is 4.46. The van der Waals surface area contributed by atoms with Gasteiger partial charge in [-0.25, -0.2) is 15.0 Å². The first-order valence-corrected chi connectivity index (χ1v) is 8.34. The smallest absolute Gasteiger partial charge is 0.187 e. The average molecular weight is 314 g/mol. The third kappa shape index (κ3) is 4.03. The van der Waals surface area contributed by atoms with Crippen LogP contribution in [-0.2, 0) is 5.75 Å². The van der Waals surface area contributed by atoms with Crippen LogP contribution in [0.25, 0.3) is 0 Å². The molecule has 0 radical (unpaired) electrons. The molecule has 3 rings (SSSR count). The van der Waals surface area contributed by atoms with Gasteiger partial charge in [-0.3, -0.25) is 0 Å². The van der Waals surface area contributed by atoms with Gasteiger partial charge in [0, 0.05) is 29.2 Å². The van der Waals surface area contributed by atoms with E-state index < -0.39 is 0 Å². The molecule has 21 heavy (non-hydrogen) atoms. The Kier molecular flexibility index (Phi) is 4.47. The molecule has 106 valence electrons. The summed E-state index contributed by atoms with van der Waals surface area (Å²) in [5.41, 5.74) is 3.34. The maximum atomic E-state index is 4.57. The zero-order chi connectivity index (χ0) is 14.5.